The van der Waals surface area contributed by atoms with E-state index in [2.05, 4.69) is 43.1 Å². The second kappa shape index (κ2) is 17.4. The van der Waals surface area contributed by atoms with E-state index in [1.54, 1.807) is 0 Å². The number of hydrogen-bond acceptors (Lipinski definition) is 2. The van der Waals surface area contributed by atoms with Gasteiger partial charge >= 0.3 is 0 Å². The molecule has 160 valence electrons. The molecule has 1 aliphatic rings. The minimum absolute atomic E-state index is 0.622. The van der Waals surface area contributed by atoms with E-state index in [4.69, 9.17) is 0 Å². The predicted molar refractivity (Wildman–Crippen MR) is 122 cm³/mol. The van der Waals surface area contributed by atoms with Crippen molar-refractivity contribution in [1.29, 1.82) is 0 Å². The van der Waals surface area contributed by atoms with Crippen molar-refractivity contribution in [2.24, 2.45) is 0 Å². The maximum atomic E-state index is 2.52. The van der Waals surface area contributed by atoms with Crippen LogP contribution in [0, 0.1) is 0 Å². The summed E-state index contributed by atoms with van der Waals surface area (Å²) in [6.45, 7) is 5.77. The maximum absolute atomic E-state index is 2.52. The molecular formula is C25H50N2. The van der Waals surface area contributed by atoms with Crippen LogP contribution in [0.2, 0.25) is 0 Å². The molecule has 0 saturated carbocycles. The van der Waals surface area contributed by atoms with Gasteiger partial charge in [-0.1, -0.05) is 110 Å². The van der Waals surface area contributed by atoms with Crippen molar-refractivity contribution in [3.05, 3.63) is 12.4 Å². The Morgan fingerprint density at radius 1 is 0.556 bits per heavy atom. The van der Waals surface area contributed by atoms with Crippen LogP contribution >= 0.6 is 0 Å². The van der Waals surface area contributed by atoms with Gasteiger partial charge < -0.3 is 9.80 Å². The highest BCUT2D eigenvalue weighted by atomic mass is 15.4. The number of hydrogen-bond donors (Lipinski definition) is 0. The molecule has 1 heterocycles. The van der Waals surface area contributed by atoms with Crippen LogP contribution in [0.1, 0.15) is 129 Å². The lowest BCUT2D eigenvalue weighted by molar-refractivity contribution is 0.161. The third-order valence-corrected chi connectivity index (χ3v) is 6.14. The molecular weight excluding hydrogens is 328 g/mol. The molecule has 1 rings (SSSR count). The third-order valence-electron chi connectivity index (χ3n) is 6.14. The van der Waals surface area contributed by atoms with E-state index in [1.165, 1.54) is 122 Å². The molecule has 0 spiro atoms. The summed E-state index contributed by atoms with van der Waals surface area (Å²) in [5.74, 6) is 0. The highest BCUT2D eigenvalue weighted by Crippen LogP contribution is 2.20. The summed E-state index contributed by atoms with van der Waals surface area (Å²) < 4.78 is 0. The van der Waals surface area contributed by atoms with Crippen LogP contribution in [0.3, 0.4) is 0 Å². The molecule has 2 nitrogen and oxygen atoms in total. The molecule has 1 unspecified atom stereocenters. The summed E-state index contributed by atoms with van der Waals surface area (Å²) in [6, 6.07) is 0. The van der Waals surface area contributed by atoms with Crippen molar-refractivity contribution in [3.63, 3.8) is 0 Å². The van der Waals surface area contributed by atoms with E-state index < -0.39 is 0 Å². The quantitative estimate of drug-likeness (QED) is 0.209. The van der Waals surface area contributed by atoms with Crippen molar-refractivity contribution < 1.29 is 0 Å². The van der Waals surface area contributed by atoms with Gasteiger partial charge in [-0.15, -0.1) is 0 Å². The average molecular weight is 379 g/mol. The van der Waals surface area contributed by atoms with Crippen molar-refractivity contribution in [1.82, 2.24) is 9.80 Å². The fourth-order valence-electron chi connectivity index (χ4n) is 4.35. The zero-order valence-electron chi connectivity index (χ0n) is 19.1. The molecule has 0 amide bonds. The Balaban J connectivity index is 1.79. The summed E-state index contributed by atoms with van der Waals surface area (Å²) in [6.07, 6.45) is 30.9. The zero-order valence-corrected chi connectivity index (χ0v) is 19.1. The number of unbranched alkanes of at least 4 members (excludes halogenated alkanes) is 15. The van der Waals surface area contributed by atoms with Crippen LogP contribution in [0.5, 0.6) is 0 Å². The van der Waals surface area contributed by atoms with Gasteiger partial charge in [0.15, 0.2) is 0 Å². The van der Waals surface area contributed by atoms with Gasteiger partial charge in [0, 0.05) is 26.0 Å². The zero-order chi connectivity index (χ0) is 19.6. The molecule has 0 fully saturated rings. The lowest BCUT2D eigenvalue weighted by Gasteiger charge is -2.30. The Morgan fingerprint density at radius 2 is 1.00 bits per heavy atom. The van der Waals surface area contributed by atoms with Crippen LogP contribution in [0.15, 0.2) is 12.4 Å². The van der Waals surface area contributed by atoms with Crippen LogP contribution in [0.4, 0.5) is 0 Å². The third kappa shape index (κ3) is 12.4. The van der Waals surface area contributed by atoms with Gasteiger partial charge in [-0.2, -0.15) is 0 Å². The molecule has 1 aliphatic heterocycles. The lowest BCUT2D eigenvalue weighted by Crippen LogP contribution is -2.36. The monoisotopic (exact) mass is 378 g/mol. The van der Waals surface area contributed by atoms with E-state index in [0.29, 0.717) is 6.17 Å². The highest BCUT2D eigenvalue weighted by molar-refractivity contribution is 4.95. The standard InChI is InChI=1S/C25H50N2/c1-4-6-7-8-9-10-11-12-13-14-15-16-17-18-19-20-21-25-26(3)23-24-27(25)22-5-2/h23-25H,4-22H2,1-3H3. The fourth-order valence-corrected chi connectivity index (χ4v) is 4.35. The molecule has 0 N–H and O–H groups in total. The van der Waals surface area contributed by atoms with E-state index >= 15 is 0 Å². The van der Waals surface area contributed by atoms with Gasteiger partial charge in [-0.25, -0.2) is 0 Å². The number of nitrogens with zero attached hydrogens (tertiary/aromatic N) is 2. The molecule has 1 atom stereocenters. The molecule has 0 aromatic carbocycles. The van der Waals surface area contributed by atoms with Crippen molar-refractivity contribution in [2.45, 2.75) is 136 Å². The summed E-state index contributed by atoms with van der Waals surface area (Å²) in [4.78, 5) is 4.91. The molecule has 0 radical (unpaired) electrons. The summed E-state index contributed by atoms with van der Waals surface area (Å²) in [7, 11) is 2.23. The molecule has 0 aromatic rings. The first-order valence-corrected chi connectivity index (χ1v) is 12.5. The van der Waals surface area contributed by atoms with Crippen LogP contribution < -0.4 is 0 Å². The first-order chi connectivity index (χ1) is 13.3. The minimum Gasteiger partial charge on any atom is -0.359 e. The van der Waals surface area contributed by atoms with E-state index in [9.17, 15) is 0 Å². The summed E-state index contributed by atoms with van der Waals surface area (Å²) >= 11 is 0. The van der Waals surface area contributed by atoms with Crippen molar-refractivity contribution in [2.75, 3.05) is 13.6 Å². The molecule has 0 aromatic heterocycles. The second-order valence-electron chi connectivity index (χ2n) is 8.77. The van der Waals surface area contributed by atoms with Gasteiger partial charge in [0.1, 0.15) is 6.17 Å². The SMILES string of the molecule is CCCCCCCCCCCCCCCCCCC1N(C)C=CN1CCC. The Morgan fingerprint density at radius 3 is 1.44 bits per heavy atom. The highest BCUT2D eigenvalue weighted by Gasteiger charge is 2.21. The lowest BCUT2D eigenvalue weighted by atomic mass is 10.0. The Labute approximate surface area is 171 Å². The number of rotatable bonds is 19. The van der Waals surface area contributed by atoms with Crippen molar-refractivity contribution >= 4 is 0 Å². The van der Waals surface area contributed by atoms with Gasteiger partial charge in [-0.3, -0.25) is 0 Å². The minimum atomic E-state index is 0.622. The van der Waals surface area contributed by atoms with Crippen molar-refractivity contribution in [3.8, 4) is 0 Å². The molecule has 0 aliphatic carbocycles. The topological polar surface area (TPSA) is 6.48 Å². The molecule has 27 heavy (non-hydrogen) atoms. The Kier molecular flexibility index (Phi) is 15.7. The van der Waals surface area contributed by atoms with Crippen LogP contribution in [0.25, 0.3) is 0 Å². The average Bonchev–Trinajstić information content (AvgIpc) is 3.01. The normalized spacial score (nSPS) is 16.6. The molecule has 0 saturated heterocycles. The van der Waals surface area contributed by atoms with Gasteiger partial charge in [0.2, 0.25) is 0 Å². The first-order valence-electron chi connectivity index (χ1n) is 12.5. The smallest absolute Gasteiger partial charge is 0.100 e. The van der Waals surface area contributed by atoms with E-state index in [-0.39, 0.29) is 0 Å². The van der Waals surface area contributed by atoms with E-state index in [0.717, 1.165) is 0 Å². The van der Waals surface area contributed by atoms with Crippen LogP contribution in [-0.2, 0) is 0 Å². The summed E-state index contributed by atoms with van der Waals surface area (Å²) in [5, 5.41) is 0. The first kappa shape index (κ1) is 24.4. The second-order valence-corrected chi connectivity index (χ2v) is 8.77. The molecule has 2 heteroatoms. The van der Waals surface area contributed by atoms with Gasteiger partial charge in [0.25, 0.3) is 0 Å². The predicted octanol–water partition coefficient (Wildman–Crippen LogP) is 8.09. The Bertz CT molecular complexity index is 339. The Hall–Kier alpha value is -0.660. The van der Waals surface area contributed by atoms with E-state index in [1.807, 2.05) is 0 Å². The van der Waals surface area contributed by atoms with Gasteiger partial charge in [-0.05, 0) is 19.3 Å². The van der Waals surface area contributed by atoms with Gasteiger partial charge in [0.05, 0.1) is 0 Å². The fraction of sp³-hybridized carbons (Fsp3) is 0.920. The maximum Gasteiger partial charge on any atom is 0.100 e. The largest absolute Gasteiger partial charge is 0.359 e. The summed E-state index contributed by atoms with van der Waals surface area (Å²) in [5.41, 5.74) is 0. The van der Waals surface area contributed by atoms with Crippen LogP contribution in [-0.4, -0.2) is 29.6 Å². The molecule has 0 bridgehead atoms.